The topological polar surface area (TPSA) is 395 Å². The summed E-state index contributed by atoms with van der Waals surface area (Å²) in [6.07, 6.45) is -1.01. The number of nitrogens with two attached hydrogens (primary N) is 1. The molecular formula is C66H154N10O24Si4. The molecule has 0 spiro atoms. The quantitative estimate of drug-likeness (QED) is 0.0239. The molecule has 0 aromatic heterocycles. The molecule has 0 bridgehead atoms. The fraction of sp³-hybridized carbons (Fsp3) is 1.00. The Labute approximate surface area is 631 Å². The van der Waals surface area contributed by atoms with E-state index >= 15 is 0 Å². The van der Waals surface area contributed by atoms with Crippen molar-refractivity contribution in [2.24, 2.45) is 5.73 Å². The molecule has 0 amide bonds. The standard InChI is InChI=1S/2C33H77N5O12Si2/c1-33(2,3)50-29-32(41)26-38(17-15-36-24-30(39)27-48-20-10-22-51(42-4,43-5)44-6)19-18-37(16-14-35-13-12-34)25-31(40)28-49-21-11-23-52(45-7,46-8)47-9;1-33(2,3)50-29-32(41)26-38(19-17-37-25-31(40)28-49-21-11-23-52(45-7,46-8)47-9)18-16-35-13-12-34-14-15-36-24-30(39)27-48-20-10-22-51(42-4,43-5)44-6/h30-32,35-36,39-41H,10-29,34H2,1-9H3;30-32,34-37,39-41H,10-29H2,1-9H3. The molecule has 0 aliphatic carbocycles. The summed E-state index contributed by atoms with van der Waals surface area (Å²) in [5, 5.41) is 83.3. The zero-order valence-electron chi connectivity index (χ0n) is 67.7. The molecule has 0 saturated carbocycles. The number of hydrogen-bond acceptors (Lipinski definition) is 34. The highest BCUT2D eigenvalue weighted by atomic mass is 28.4. The van der Waals surface area contributed by atoms with Crippen LogP contribution in [-0.2, 0) is 81.5 Å². The summed E-state index contributed by atoms with van der Waals surface area (Å²) in [6.45, 7) is 28.9. The van der Waals surface area contributed by atoms with E-state index < -0.39 is 71.8 Å². The number of ether oxygens (including phenoxy) is 6. The third kappa shape index (κ3) is 57.5. The molecule has 0 aromatic rings. The minimum Gasteiger partial charge on any atom is -0.389 e. The summed E-state index contributed by atoms with van der Waals surface area (Å²) >= 11 is 0. The van der Waals surface area contributed by atoms with Crippen LogP contribution in [0.2, 0.25) is 24.2 Å². The zero-order chi connectivity index (χ0) is 78.5. The van der Waals surface area contributed by atoms with Crippen molar-refractivity contribution in [2.45, 2.75) is 139 Å². The second kappa shape index (κ2) is 66.0. The van der Waals surface area contributed by atoms with Gasteiger partial charge >= 0.3 is 35.2 Å². The normalized spacial score (nSPS) is 14.8. The maximum Gasteiger partial charge on any atom is 0.500 e. The van der Waals surface area contributed by atoms with Gasteiger partial charge in [0, 0.05) is 280 Å². The lowest BCUT2D eigenvalue weighted by molar-refractivity contribution is -0.0566. The van der Waals surface area contributed by atoms with Crippen LogP contribution in [0.4, 0.5) is 0 Å². The first-order valence-corrected chi connectivity index (χ1v) is 44.7. The Bertz CT molecular complexity index is 1850. The van der Waals surface area contributed by atoms with E-state index in [2.05, 4.69) is 46.6 Å². The van der Waals surface area contributed by atoms with E-state index in [0.717, 1.165) is 52.2 Å². The third-order valence-electron chi connectivity index (χ3n) is 16.5. The number of aliphatic hydroxyl groups is 6. The minimum atomic E-state index is -2.66. The van der Waals surface area contributed by atoms with Gasteiger partial charge in [-0.25, -0.2) is 0 Å². The number of aliphatic hydroxyl groups excluding tert-OH is 6. The van der Waals surface area contributed by atoms with E-state index in [1.54, 1.807) is 85.3 Å². The van der Waals surface area contributed by atoms with Crippen LogP contribution in [0.1, 0.15) is 67.2 Å². The van der Waals surface area contributed by atoms with Gasteiger partial charge in [0.25, 0.3) is 0 Å². The first-order valence-electron chi connectivity index (χ1n) is 37.0. The molecule has 0 rings (SSSR count). The molecule has 0 radical (unpaired) electrons. The Hall–Kier alpha value is -0.492. The third-order valence-corrected chi connectivity index (χ3v) is 27.8. The molecule has 104 heavy (non-hydrogen) atoms. The van der Waals surface area contributed by atoms with Crippen molar-refractivity contribution in [3.8, 4) is 0 Å². The summed E-state index contributed by atoms with van der Waals surface area (Å²) in [4.78, 5) is 6.55. The van der Waals surface area contributed by atoms with Crippen LogP contribution in [0.3, 0.4) is 0 Å². The van der Waals surface area contributed by atoms with Crippen molar-refractivity contribution in [3.05, 3.63) is 0 Å². The summed E-state index contributed by atoms with van der Waals surface area (Å²) in [6, 6.07) is 2.55. The molecule has 6 unspecified atom stereocenters. The SMILES string of the molecule is CO[Si](CCCOCC(O)CNCCN(CCN(CCNCCN)CC(O)COCCC[Si](OC)(OC)OC)CC(O)COC(C)(C)C)(OC)OC.CO[Si](CCCOCC(O)CNCCNCCNCCN(CCNCC(O)COCCC[Si](OC)(OC)OC)CC(O)COC(C)(C)C)(OC)OC. The average Bonchev–Trinajstić information content (AvgIpc) is 0.921. The summed E-state index contributed by atoms with van der Waals surface area (Å²) in [5.41, 5.74) is 4.99. The van der Waals surface area contributed by atoms with Gasteiger partial charge in [-0.3, -0.25) is 14.7 Å². The molecule has 628 valence electrons. The first-order chi connectivity index (χ1) is 49.6. The van der Waals surface area contributed by atoms with Gasteiger partial charge in [0.2, 0.25) is 0 Å². The summed E-state index contributed by atoms with van der Waals surface area (Å²) < 4.78 is 99.4. The summed E-state index contributed by atoms with van der Waals surface area (Å²) in [5.74, 6) is 0. The Balaban J connectivity index is 0. The second-order valence-electron chi connectivity index (χ2n) is 27.2. The average molecular weight is 1580 g/mol. The van der Waals surface area contributed by atoms with Gasteiger partial charge in [-0.1, -0.05) is 0 Å². The van der Waals surface area contributed by atoms with Gasteiger partial charge in [0.05, 0.1) is 87.5 Å². The second-order valence-corrected chi connectivity index (χ2v) is 39.6. The van der Waals surface area contributed by atoms with Crippen LogP contribution in [0.15, 0.2) is 0 Å². The molecule has 0 aromatic carbocycles. The van der Waals surface area contributed by atoms with Gasteiger partial charge in [-0.2, -0.15) is 0 Å². The molecule has 0 fully saturated rings. The van der Waals surface area contributed by atoms with E-state index in [1.807, 2.05) is 41.5 Å². The molecule has 0 aliphatic rings. The van der Waals surface area contributed by atoms with Crippen molar-refractivity contribution >= 4 is 35.2 Å². The van der Waals surface area contributed by atoms with E-state index in [9.17, 15) is 30.6 Å². The molecule has 38 heteroatoms. The van der Waals surface area contributed by atoms with Crippen LogP contribution in [0, 0.1) is 0 Å². The van der Waals surface area contributed by atoms with E-state index in [4.69, 9.17) is 87.3 Å². The van der Waals surface area contributed by atoms with Crippen LogP contribution < -0.4 is 37.6 Å². The number of rotatable bonds is 75. The van der Waals surface area contributed by atoms with E-state index in [1.165, 1.54) is 0 Å². The monoisotopic (exact) mass is 1580 g/mol. The van der Waals surface area contributed by atoms with Gasteiger partial charge in [0.15, 0.2) is 0 Å². The first kappa shape index (κ1) is 106. The Kier molecular flexibility index (Phi) is 67.0. The van der Waals surface area contributed by atoms with Crippen LogP contribution in [0.25, 0.3) is 0 Å². The molecule has 0 heterocycles. The maximum atomic E-state index is 10.9. The van der Waals surface area contributed by atoms with Crippen LogP contribution in [0.5, 0.6) is 0 Å². The fourth-order valence-corrected chi connectivity index (χ4v) is 17.1. The number of nitrogens with one attached hydrogen (secondary N) is 6. The van der Waals surface area contributed by atoms with Crippen molar-refractivity contribution < 1.29 is 112 Å². The Morgan fingerprint density at radius 2 is 0.519 bits per heavy atom. The lowest BCUT2D eigenvalue weighted by Gasteiger charge is -2.31. The maximum absolute atomic E-state index is 10.9. The van der Waals surface area contributed by atoms with Gasteiger partial charge in [-0.05, 0) is 67.2 Å². The smallest absolute Gasteiger partial charge is 0.389 e. The largest absolute Gasteiger partial charge is 0.500 e. The summed E-state index contributed by atoms with van der Waals surface area (Å²) in [7, 11) is 8.59. The number of nitrogens with zero attached hydrogens (tertiary/aromatic N) is 3. The van der Waals surface area contributed by atoms with Crippen LogP contribution >= 0.6 is 0 Å². The fourth-order valence-electron chi connectivity index (χ4n) is 10.3. The van der Waals surface area contributed by atoms with Gasteiger partial charge < -0.3 is 150 Å². The van der Waals surface area contributed by atoms with Crippen LogP contribution in [-0.4, -0.2) is 424 Å². The highest BCUT2D eigenvalue weighted by Gasteiger charge is 2.40. The van der Waals surface area contributed by atoms with Crippen molar-refractivity contribution in [3.63, 3.8) is 0 Å². The molecule has 0 saturated heterocycles. The van der Waals surface area contributed by atoms with Crippen molar-refractivity contribution in [1.29, 1.82) is 0 Å². The predicted molar refractivity (Wildman–Crippen MR) is 411 cm³/mol. The van der Waals surface area contributed by atoms with Crippen molar-refractivity contribution in [2.75, 3.05) is 295 Å². The highest BCUT2D eigenvalue weighted by molar-refractivity contribution is 6.61. The molecule has 0 aliphatic heterocycles. The molecule has 6 atom stereocenters. The highest BCUT2D eigenvalue weighted by Crippen LogP contribution is 2.19. The molecule has 14 N–H and O–H groups in total. The predicted octanol–water partition coefficient (Wildman–Crippen LogP) is -1.69. The Morgan fingerprint density at radius 1 is 0.298 bits per heavy atom. The Morgan fingerprint density at radius 3 is 0.788 bits per heavy atom. The van der Waals surface area contributed by atoms with Gasteiger partial charge in [-0.15, -0.1) is 0 Å². The number of hydrogen-bond donors (Lipinski definition) is 13. The lowest BCUT2D eigenvalue weighted by atomic mass is 10.2. The minimum absolute atomic E-state index is 0.201. The van der Waals surface area contributed by atoms with Gasteiger partial charge in [0.1, 0.15) is 0 Å². The van der Waals surface area contributed by atoms with E-state index in [0.29, 0.717) is 168 Å². The molecular weight excluding hydrogens is 1430 g/mol. The lowest BCUT2D eigenvalue weighted by Crippen LogP contribution is -2.47. The van der Waals surface area contributed by atoms with Crippen molar-refractivity contribution in [1.82, 2.24) is 46.6 Å². The van der Waals surface area contributed by atoms with E-state index in [-0.39, 0.29) is 50.8 Å². The molecule has 34 nitrogen and oxygen atoms in total. The zero-order valence-corrected chi connectivity index (χ0v) is 71.7.